The minimum atomic E-state index is 0.378. The van der Waals surface area contributed by atoms with Crippen molar-refractivity contribution >= 4 is 23.6 Å². The number of aromatic nitrogens is 1. The van der Waals surface area contributed by atoms with Gasteiger partial charge in [-0.1, -0.05) is 0 Å². The van der Waals surface area contributed by atoms with Crippen molar-refractivity contribution in [3.8, 4) is 33.9 Å². The Labute approximate surface area is 187 Å². The van der Waals surface area contributed by atoms with Gasteiger partial charge in [0.25, 0.3) is 0 Å². The average molecular weight is 435 g/mol. The topological polar surface area (TPSA) is 70.7 Å². The molecular weight excluding hydrogens is 408 g/mol. The number of nitrogens with zero attached hydrogens (tertiary/aromatic N) is 4. The number of hydrogen-bond donors (Lipinski definition) is 0. The molecule has 0 N–H and O–H groups in total. The number of aliphatic imine (C=N–C) groups is 1. The van der Waals surface area contributed by atoms with E-state index in [0.29, 0.717) is 28.1 Å². The van der Waals surface area contributed by atoms with Gasteiger partial charge in [-0.3, -0.25) is 0 Å². The van der Waals surface area contributed by atoms with Crippen LogP contribution in [-0.4, -0.2) is 35.8 Å². The van der Waals surface area contributed by atoms with Crippen molar-refractivity contribution < 1.29 is 9.47 Å². The molecule has 1 heterocycles. The highest BCUT2D eigenvalue weighted by molar-refractivity contribution is 7.08. The van der Waals surface area contributed by atoms with Gasteiger partial charge in [-0.25, -0.2) is 4.99 Å². The molecule has 0 unspecified atom stereocenters. The largest absolute Gasteiger partial charge is 0.497 e. The van der Waals surface area contributed by atoms with Crippen LogP contribution in [-0.2, 0) is 0 Å². The summed E-state index contributed by atoms with van der Waals surface area (Å²) >= 11 is 1.17. The zero-order chi connectivity index (χ0) is 22.5. The number of methoxy groups -OCH3 is 1. The van der Waals surface area contributed by atoms with Crippen molar-refractivity contribution in [3.63, 3.8) is 0 Å². The summed E-state index contributed by atoms with van der Waals surface area (Å²) in [6.45, 7) is 8.19. The van der Waals surface area contributed by atoms with E-state index in [4.69, 9.17) is 9.47 Å². The average Bonchev–Trinajstić information content (AvgIpc) is 3.17. The lowest BCUT2D eigenvalue weighted by molar-refractivity contribution is 0.415. The van der Waals surface area contributed by atoms with Gasteiger partial charge >= 0.3 is 0 Å². The predicted molar refractivity (Wildman–Crippen MR) is 126 cm³/mol. The highest BCUT2D eigenvalue weighted by Gasteiger charge is 2.18. The van der Waals surface area contributed by atoms with Crippen LogP contribution in [0, 0.1) is 25.2 Å². The molecule has 3 aromatic rings. The molecule has 6 nitrogen and oxygen atoms in total. The monoisotopic (exact) mass is 434 g/mol. The number of nitriles is 1. The summed E-state index contributed by atoms with van der Waals surface area (Å²) in [4.78, 5) is 6.65. The van der Waals surface area contributed by atoms with Gasteiger partial charge in [-0.05, 0) is 75.2 Å². The molecule has 1 aromatic heterocycles. The van der Waals surface area contributed by atoms with Gasteiger partial charge in [0.15, 0.2) is 0 Å². The molecule has 0 amide bonds. The van der Waals surface area contributed by atoms with Gasteiger partial charge < -0.3 is 14.4 Å². The molecular formula is C24H26N4O2S. The Morgan fingerprint density at radius 2 is 1.87 bits per heavy atom. The predicted octanol–water partition coefficient (Wildman–Crippen LogP) is 6.10. The third-order valence-electron chi connectivity index (χ3n) is 5.03. The van der Waals surface area contributed by atoms with Crippen LogP contribution >= 0.6 is 11.5 Å². The van der Waals surface area contributed by atoms with Gasteiger partial charge in [-0.2, -0.15) is 9.64 Å². The van der Waals surface area contributed by atoms with Crippen molar-refractivity contribution in [1.82, 2.24) is 9.27 Å². The Bertz CT molecular complexity index is 1130. The second-order valence-corrected chi connectivity index (χ2v) is 8.28. The van der Waals surface area contributed by atoms with E-state index in [-0.39, 0.29) is 0 Å². The van der Waals surface area contributed by atoms with Crippen molar-refractivity contribution in [1.29, 1.82) is 5.26 Å². The van der Waals surface area contributed by atoms with Crippen LogP contribution in [0.4, 0.5) is 5.69 Å². The molecule has 31 heavy (non-hydrogen) atoms. The van der Waals surface area contributed by atoms with Gasteiger partial charge in [0.05, 0.1) is 19.1 Å². The standard InChI is InChI=1S/C24H26N4O2S/c1-15(2)28(5)14-26-21-11-17(4)22(12-16(21)3)30-24-20(13-25)23(27-31-24)18-7-9-19(29-6)10-8-18/h7-12,14-15H,1-6H3/b26-14-. The maximum Gasteiger partial charge on any atom is 0.218 e. The third kappa shape index (κ3) is 5.04. The molecule has 3 rings (SSSR count). The molecule has 0 spiro atoms. The quantitative estimate of drug-likeness (QED) is 0.332. The fraction of sp³-hybridized carbons (Fsp3) is 0.292. The number of ether oxygens (including phenoxy) is 2. The molecule has 0 saturated carbocycles. The fourth-order valence-corrected chi connectivity index (χ4v) is 3.53. The van der Waals surface area contributed by atoms with Crippen molar-refractivity contribution in [3.05, 3.63) is 53.1 Å². The summed E-state index contributed by atoms with van der Waals surface area (Å²) in [5.74, 6) is 1.44. The zero-order valence-corrected chi connectivity index (χ0v) is 19.4. The van der Waals surface area contributed by atoms with Crippen LogP contribution in [0.1, 0.15) is 30.5 Å². The Kier molecular flexibility index (Phi) is 6.93. The molecule has 0 fully saturated rings. The maximum absolute atomic E-state index is 9.75. The normalized spacial score (nSPS) is 11.0. The first-order chi connectivity index (χ1) is 14.8. The molecule has 0 atom stereocenters. The third-order valence-corrected chi connectivity index (χ3v) is 5.75. The lowest BCUT2D eigenvalue weighted by Crippen LogP contribution is -2.24. The van der Waals surface area contributed by atoms with Crippen LogP contribution in [0.2, 0.25) is 0 Å². The molecule has 160 valence electrons. The minimum absolute atomic E-state index is 0.378. The molecule has 0 aliphatic carbocycles. The van der Waals surface area contributed by atoms with Gasteiger partial charge in [0.2, 0.25) is 5.06 Å². The summed E-state index contributed by atoms with van der Waals surface area (Å²) in [5.41, 5.74) is 4.70. The van der Waals surface area contributed by atoms with E-state index in [1.807, 2.05) is 63.6 Å². The van der Waals surface area contributed by atoms with Crippen LogP contribution in [0.25, 0.3) is 11.3 Å². The second-order valence-electron chi connectivity index (χ2n) is 7.54. The van der Waals surface area contributed by atoms with E-state index in [9.17, 15) is 5.26 Å². The van der Waals surface area contributed by atoms with Crippen LogP contribution in [0.5, 0.6) is 16.6 Å². The first-order valence-electron chi connectivity index (χ1n) is 9.93. The molecule has 0 aliphatic rings. The molecule has 2 aromatic carbocycles. The second kappa shape index (κ2) is 9.63. The van der Waals surface area contributed by atoms with E-state index in [1.165, 1.54) is 11.5 Å². The molecule has 7 heteroatoms. The smallest absolute Gasteiger partial charge is 0.218 e. The van der Waals surface area contributed by atoms with E-state index in [1.54, 1.807) is 7.11 Å². The van der Waals surface area contributed by atoms with Gasteiger partial charge in [0.1, 0.15) is 28.8 Å². The first-order valence-corrected chi connectivity index (χ1v) is 10.7. The van der Waals surface area contributed by atoms with Crippen LogP contribution in [0.3, 0.4) is 0 Å². The number of rotatable bonds is 7. The summed E-state index contributed by atoms with van der Waals surface area (Å²) in [5, 5.41) is 10.2. The number of aryl methyl sites for hydroxylation is 2. The molecule has 0 saturated heterocycles. The summed E-state index contributed by atoms with van der Waals surface area (Å²) < 4.78 is 15.8. The van der Waals surface area contributed by atoms with E-state index < -0.39 is 0 Å². The van der Waals surface area contributed by atoms with Crippen molar-refractivity contribution in [2.24, 2.45) is 4.99 Å². The van der Waals surface area contributed by atoms with Crippen molar-refractivity contribution in [2.75, 3.05) is 14.2 Å². The van der Waals surface area contributed by atoms with E-state index in [2.05, 4.69) is 34.2 Å². The summed E-state index contributed by atoms with van der Waals surface area (Å²) in [6.07, 6.45) is 1.84. The first kappa shape index (κ1) is 22.3. The van der Waals surface area contributed by atoms with Crippen LogP contribution < -0.4 is 9.47 Å². The van der Waals surface area contributed by atoms with Gasteiger partial charge in [0, 0.05) is 30.2 Å². The zero-order valence-electron chi connectivity index (χ0n) is 18.6. The van der Waals surface area contributed by atoms with E-state index >= 15 is 0 Å². The summed E-state index contributed by atoms with van der Waals surface area (Å²) in [7, 11) is 3.62. The number of benzene rings is 2. The molecule has 0 aliphatic heterocycles. The molecule has 0 bridgehead atoms. The lowest BCUT2D eigenvalue weighted by atomic mass is 10.1. The molecule has 0 radical (unpaired) electrons. The highest BCUT2D eigenvalue weighted by Crippen LogP contribution is 2.39. The van der Waals surface area contributed by atoms with Crippen LogP contribution in [0.15, 0.2) is 41.4 Å². The van der Waals surface area contributed by atoms with Gasteiger partial charge in [-0.15, -0.1) is 0 Å². The fourth-order valence-electron chi connectivity index (χ4n) is 2.80. The Balaban J connectivity index is 1.88. The Morgan fingerprint density at radius 3 is 2.48 bits per heavy atom. The van der Waals surface area contributed by atoms with E-state index in [0.717, 1.165) is 28.1 Å². The maximum atomic E-state index is 9.75. The number of hydrogen-bond acceptors (Lipinski definition) is 6. The Hall–Kier alpha value is -3.37. The SMILES string of the molecule is COc1ccc(-c2nsc(Oc3cc(C)c(/N=C\N(C)C(C)C)cc3C)c2C#N)cc1. The minimum Gasteiger partial charge on any atom is -0.497 e. The Morgan fingerprint density at radius 1 is 1.16 bits per heavy atom. The highest BCUT2D eigenvalue weighted by atomic mass is 32.1. The lowest BCUT2D eigenvalue weighted by Gasteiger charge is -2.17. The van der Waals surface area contributed by atoms with Crippen molar-refractivity contribution in [2.45, 2.75) is 33.7 Å². The summed E-state index contributed by atoms with van der Waals surface area (Å²) in [6, 6.07) is 14.0.